The minimum absolute atomic E-state index is 0.331. The SMILES string of the molecule is CN(C)c1cccc(CCC(=O)N2CCC[C@@H](N3CCCC3)CC2)c1. The summed E-state index contributed by atoms with van der Waals surface area (Å²) < 4.78 is 0. The first-order valence-corrected chi connectivity index (χ1v) is 9.91. The predicted molar refractivity (Wildman–Crippen MR) is 104 cm³/mol. The summed E-state index contributed by atoms with van der Waals surface area (Å²) in [6.45, 7) is 4.42. The molecule has 0 radical (unpaired) electrons. The number of aryl methyl sites for hydroxylation is 1. The van der Waals surface area contributed by atoms with E-state index in [9.17, 15) is 4.79 Å². The molecule has 0 N–H and O–H groups in total. The van der Waals surface area contributed by atoms with E-state index in [1.165, 1.54) is 43.6 Å². The zero-order valence-electron chi connectivity index (χ0n) is 15.9. The largest absolute Gasteiger partial charge is 0.378 e. The van der Waals surface area contributed by atoms with Crippen molar-refractivity contribution in [3.8, 4) is 0 Å². The number of hydrogen-bond donors (Lipinski definition) is 0. The second-order valence-electron chi connectivity index (χ2n) is 7.77. The van der Waals surface area contributed by atoms with Gasteiger partial charge in [-0.25, -0.2) is 0 Å². The lowest BCUT2D eigenvalue weighted by atomic mass is 10.1. The van der Waals surface area contributed by atoms with Crippen LogP contribution in [0.5, 0.6) is 0 Å². The van der Waals surface area contributed by atoms with Gasteiger partial charge in [0.15, 0.2) is 0 Å². The van der Waals surface area contributed by atoms with Crippen LogP contribution in [-0.2, 0) is 11.2 Å². The van der Waals surface area contributed by atoms with Crippen molar-refractivity contribution in [1.82, 2.24) is 9.80 Å². The predicted octanol–water partition coefficient (Wildman–Crippen LogP) is 3.16. The molecule has 1 amide bonds. The van der Waals surface area contributed by atoms with Crippen molar-refractivity contribution in [2.75, 3.05) is 45.2 Å². The van der Waals surface area contributed by atoms with Gasteiger partial charge in [-0.2, -0.15) is 0 Å². The molecular formula is C21H33N3O. The summed E-state index contributed by atoms with van der Waals surface area (Å²) in [4.78, 5) is 19.6. The van der Waals surface area contributed by atoms with E-state index in [1.54, 1.807) is 0 Å². The van der Waals surface area contributed by atoms with E-state index < -0.39 is 0 Å². The Balaban J connectivity index is 1.48. The molecule has 2 aliphatic rings. The second-order valence-corrected chi connectivity index (χ2v) is 7.77. The number of likely N-dealkylation sites (tertiary alicyclic amines) is 2. The van der Waals surface area contributed by atoms with Crippen molar-refractivity contribution in [2.24, 2.45) is 0 Å². The number of hydrogen-bond acceptors (Lipinski definition) is 3. The highest BCUT2D eigenvalue weighted by Crippen LogP contribution is 2.22. The number of carbonyl (C=O) groups excluding carboxylic acids is 1. The molecule has 1 atom stereocenters. The molecular weight excluding hydrogens is 310 g/mol. The number of nitrogens with zero attached hydrogens (tertiary/aromatic N) is 3. The highest BCUT2D eigenvalue weighted by atomic mass is 16.2. The van der Waals surface area contributed by atoms with E-state index in [2.05, 4.69) is 53.1 Å². The van der Waals surface area contributed by atoms with Gasteiger partial charge in [0, 0.05) is 45.3 Å². The van der Waals surface area contributed by atoms with Crippen LogP contribution in [0.2, 0.25) is 0 Å². The molecule has 2 heterocycles. The molecule has 0 aliphatic carbocycles. The zero-order valence-corrected chi connectivity index (χ0v) is 15.9. The minimum atomic E-state index is 0.331. The quantitative estimate of drug-likeness (QED) is 0.822. The Labute approximate surface area is 152 Å². The van der Waals surface area contributed by atoms with Crippen molar-refractivity contribution < 1.29 is 4.79 Å². The van der Waals surface area contributed by atoms with Crippen LogP contribution in [0.25, 0.3) is 0 Å². The third kappa shape index (κ3) is 4.97. The van der Waals surface area contributed by atoms with Gasteiger partial charge in [0.25, 0.3) is 0 Å². The molecule has 0 unspecified atom stereocenters. The Morgan fingerprint density at radius 1 is 1.08 bits per heavy atom. The van der Waals surface area contributed by atoms with Crippen LogP contribution in [0.1, 0.15) is 44.1 Å². The molecule has 0 bridgehead atoms. The van der Waals surface area contributed by atoms with Crippen LogP contribution >= 0.6 is 0 Å². The molecule has 138 valence electrons. The molecule has 2 fully saturated rings. The van der Waals surface area contributed by atoms with E-state index in [-0.39, 0.29) is 0 Å². The number of rotatable bonds is 5. The molecule has 1 aromatic rings. The lowest BCUT2D eigenvalue weighted by molar-refractivity contribution is -0.131. The zero-order chi connectivity index (χ0) is 17.6. The molecule has 2 saturated heterocycles. The van der Waals surface area contributed by atoms with Crippen LogP contribution in [0.3, 0.4) is 0 Å². The topological polar surface area (TPSA) is 26.8 Å². The maximum atomic E-state index is 12.7. The lowest BCUT2D eigenvalue weighted by Crippen LogP contribution is -2.35. The number of anilines is 1. The fraction of sp³-hybridized carbons (Fsp3) is 0.667. The Hall–Kier alpha value is -1.55. The molecule has 2 aliphatic heterocycles. The fourth-order valence-electron chi connectivity index (χ4n) is 4.20. The van der Waals surface area contributed by atoms with Gasteiger partial charge in [-0.15, -0.1) is 0 Å². The van der Waals surface area contributed by atoms with Gasteiger partial charge in [-0.3, -0.25) is 4.79 Å². The van der Waals surface area contributed by atoms with Gasteiger partial charge in [0.1, 0.15) is 0 Å². The van der Waals surface area contributed by atoms with Gasteiger partial charge < -0.3 is 14.7 Å². The Morgan fingerprint density at radius 2 is 1.88 bits per heavy atom. The summed E-state index contributed by atoms with van der Waals surface area (Å²) in [5.74, 6) is 0.331. The van der Waals surface area contributed by atoms with Crippen molar-refractivity contribution in [3.05, 3.63) is 29.8 Å². The summed E-state index contributed by atoms with van der Waals surface area (Å²) >= 11 is 0. The molecule has 25 heavy (non-hydrogen) atoms. The monoisotopic (exact) mass is 343 g/mol. The molecule has 0 spiro atoms. The van der Waals surface area contributed by atoms with Crippen molar-refractivity contribution in [2.45, 2.75) is 51.0 Å². The first kappa shape index (κ1) is 18.2. The van der Waals surface area contributed by atoms with Crippen LogP contribution in [0, 0.1) is 0 Å². The highest BCUT2D eigenvalue weighted by molar-refractivity contribution is 5.76. The highest BCUT2D eigenvalue weighted by Gasteiger charge is 2.26. The summed E-state index contributed by atoms with van der Waals surface area (Å²) in [5.41, 5.74) is 2.46. The molecule has 0 saturated carbocycles. The number of carbonyl (C=O) groups is 1. The minimum Gasteiger partial charge on any atom is -0.378 e. The fourth-order valence-corrected chi connectivity index (χ4v) is 4.20. The lowest BCUT2D eigenvalue weighted by Gasteiger charge is -2.26. The molecule has 1 aromatic carbocycles. The summed E-state index contributed by atoms with van der Waals surface area (Å²) in [6.07, 6.45) is 7.74. The molecule has 4 nitrogen and oxygen atoms in total. The van der Waals surface area contributed by atoms with Crippen LogP contribution in [0.4, 0.5) is 5.69 Å². The van der Waals surface area contributed by atoms with Crippen LogP contribution in [0.15, 0.2) is 24.3 Å². The smallest absolute Gasteiger partial charge is 0.222 e. The van der Waals surface area contributed by atoms with Crippen molar-refractivity contribution in [3.63, 3.8) is 0 Å². The van der Waals surface area contributed by atoms with Crippen molar-refractivity contribution in [1.29, 1.82) is 0 Å². The summed E-state index contributed by atoms with van der Waals surface area (Å²) in [7, 11) is 4.11. The average Bonchev–Trinajstić information content (AvgIpc) is 3.04. The van der Waals surface area contributed by atoms with Gasteiger partial charge >= 0.3 is 0 Å². The number of amides is 1. The Morgan fingerprint density at radius 3 is 2.64 bits per heavy atom. The van der Waals surface area contributed by atoms with Gasteiger partial charge in [0.2, 0.25) is 5.91 Å². The molecule has 0 aromatic heterocycles. The van der Waals surface area contributed by atoms with Crippen molar-refractivity contribution >= 4 is 11.6 Å². The maximum absolute atomic E-state index is 12.7. The summed E-state index contributed by atoms with van der Waals surface area (Å²) in [6, 6.07) is 9.23. The van der Waals surface area contributed by atoms with E-state index in [4.69, 9.17) is 0 Å². The van der Waals surface area contributed by atoms with E-state index in [1.807, 2.05) is 0 Å². The van der Waals surface area contributed by atoms with Gasteiger partial charge in [-0.05, 0) is 69.3 Å². The first-order chi connectivity index (χ1) is 12.1. The molecule has 3 rings (SSSR count). The van der Waals surface area contributed by atoms with Gasteiger partial charge in [0.05, 0.1) is 0 Å². The normalized spacial score (nSPS) is 22.0. The van der Waals surface area contributed by atoms with Crippen LogP contribution in [-0.4, -0.2) is 62.0 Å². The standard InChI is InChI=1S/C21H33N3O/c1-22(2)20-8-5-7-18(17-20)10-11-21(25)24-15-6-9-19(12-16-24)23-13-3-4-14-23/h5,7-8,17,19H,3-4,6,9-16H2,1-2H3/t19-/m1/s1. The van der Waals surface area contributed by atoms with E-state index in [0.29, 0.717) is 18.4 Å². The molecule has 4 heteroatoms. The number of benzene rings is 1. The average molecular weight is 344 g/mol. The third-order valence-corrected chi connectivity index (χ3v) is 5.76. The maximum Gasteiger partial charge on any atom is 0.222 e. The Kier molecular flexibility index (Phi) is 6.35. The van der Waals surface area contributed by atoms with E-state index >= 15 is 0 Å². The second kappa shape index (κ2) is 8.70. The van der Waals surface area contributed by atoms with Gasteiger partial charge in [-0.1, -0.05) is 12.1 Å². The van der Waals surface area contributed by atoms with Crippen LogP contribution < -0.4 is 4.90 Å². The first-order valence-electron chi connectivity index (χ1n) is 9.91. The Bertz CT molecular complexity index is 566. The summed E-state index contributed by atoms with van der Waals surface area (Å²) in [5, 5.41) is 0. The van der Waals surface area contributed by atoms with E-state index in [0.717, 1.165) is 32.4 Å². The third-order valence-electron chi connectivity index (χ3n) is 5.76.